The van der Waals surface area contributed by atoms with Crippen molar-refractivity contribution in [2.24, 2.45) is 5.92 Å². The Labute approximate surface area is 112 Å². The van der Waals surface area contributed by atoms with Crippen molar-refractivity contribution in [3.05, 3.63) is 23.6 Å². The fourth-order valence-corrected chi connectivity index (χ4v) is 1.70. The van der Waals surface area contributed by atoms with Crippen molar-refractivity contribution in [3.63, 3.8) is 0 Å². The molecular weight excluding hydrogens is 249 g/mol. The third-order valence-corrected chi connectivity index (χ3v) is 2.81. The molecule has 0 saturated carbocycles. The number of nitrogens with zero attached hydrogens (tertiary/aromatic N) is 2. The first kappa shape index (κ1) is 15.4. The van der Waals surface area contributed by atoms with Crippen LogP contribution in [0.3, 0.4) is 0 Å². The summed E-state index contributed by atoms with van der Waals surface area (Å²) in [5.74, 6) is -1.87. The lowest BCUT2D eigenvalue weighted by Gasteiger charge is -2.26. The first-order valence-electron chi connectivity index (χ1n) is 6.12. The Morgan fingerprint density at radius 3 is 2.63 bits per heavy atom. The molecule has 6 heteroatoms. The van der Waals surface area contributed by atoms with Gasteiger partial charge in [-0.05, 0) is 26.1 Å². The van der Waals surface area contributed by atoms with E-state index < -0.39 is 11.8 Å². The Balaban J connectivity index is 2.97. The number of hydrogen-bond acceptors (Lipinski definition) is 4. The number of hydrogen-bond donors (Lipinski definition) is 2. The number of aromatic nitrogens is 1. The van der Waals surface area contributed by atoms with Gasteiger partial charge in [-0.25, -0.2) is 14.2 Å². The van der Waals surface area contributed by atoms with E-state index in [1.54, 1.807) is 0 Å². The van der Waals surface area contributed by atoms with Crippen LogP contribution in [0.1, 0.15) is 24.2 Å². The molecule has 2 N–H and O–H groups in total. The normalized spacial score (nSPS) is 12.8. The number of carboxylic acid groups (broad SMARTS) is 1. The summed E-state index contributed by atoms with van der Waals surface area (Å²) in [6.07, 6.45) is 1.29. The zero-order chi connectivity index (χ0) is 14.6. The lowest BCUT2D eigenvalue weighted by atomic mass is 10.0. The summed E-state index contributed by atoms with van der Waals surface area (Å²) in [5.41, 5.74) is -0.371. The second-order valence-electron chi connectivity index (χ2n) is 5.08. The number of pyridine rings is 1. The van der Waals surface area contributed by atoms with Gasteiger partial charge in [0.2, 0.25) is 0 Å². The average molecular weight is 269 g/mol. The minimum atomic E-state index is -1.29. The lowest BCUT2D eigenvalue weighted by Crippen LogP contribution is -2.37. The molecule has 1 unspecified atom stereocenters. The maximum absolute atomic E-state index is 14.0. The summed E-state index contributed by atoms with van der Waals surface area (Å²) < 4.78 is 14.0. The molecule has 1 atom stereocenters. The van der Waals surface area contributed by atoms with E-state index in [1.807, 2.05) is 32.8 Å². The standard InChI is InChI=1S/C13H20FN3O2/c1-8(2)10(7-17(3)4)16-12-11(14)9(13(18)19)5-6-15-12/h5-6,8,10H,7H2,1-4H3,(H,15,16)(H,18,19). The summed E-state index contributed by atoms with van der Waals surface area (Å²) >= 11 is 0. The molecule has 106 valence electrons. The first-order chi connectivity index (χ1) is 8.82. The van der Waals surface area contributed by atoms with Crippen LogP contribution in [0.2, 0.25) is 0 Å². The summed E-state index contributed by atoms with van der Waals surface area (Å²) in [6, 6.07) is 1.14. The van der Waals surface area contributed by atoms with E-state index in [0.29, 0.717) is 6.54 Å². The topological polar surface area (TPSA) is 65.5 Å². The highest BCUT2D eigenvalue weighted by Gasteiger charge is 2.20. The molecule has 1 heterocycles. The monoisotopic (exact) mass is 269 g/mol. The fourth-order valence-electron chi connectivity index (χ4n) is 1.70. The highest BCUT2D eigenvalue weighted by atomic mass is 19.1. The van der Waals surface area contributed by atoms with Gasteiger partial charge in [-0.3, -0.25) is 0 Å². The maximum Gasteiger partial charge on any atom is 0.338 e. The summed E-state index contributed by atoms with van der Waals surface area (Å²) in [6.45, 7) is 4.73. The SMILES string of the molecule is CC(C)C(CN(C)C)Nc1nccc(C(=O)O)c1F. The van der Waals surface area contributed by atoms with Crippen LogP contribution in [0.25, 0.3) is 0 Å². The van der Waals surface area contributed by atoms with Crippen LogP contribution in [0.4, 0.5) is 10.2 Å². The van der Waals surface area contributed by atoms with Crippen molar-refractivity contribution in [2.45, 2.75) is 19.9 Å². The van der Waals surface area contributed by atoms with E-state index in [9.17, 15) is 9.18 Å². The smallest absolute Gasteiger partial charge is 0.338 e. The van der Waals surface area contributed by atoms with E-state index in [4.69, 9.17) is 5.11 Å². The van der Waals surface area contributed by atoms with E-state index in [0.717, 1.165) is 6.07 Å². The predicted octanol–water partition coefficient (Wildman–Crippen LogP) is 1.92. The number of carboxylic acids is 1. The summed E-state index contributed by atoms with van der Waals surface area (Å²) in [5, 5.41) is 11.9. The molecular formula is C13H20FN3O2. The molecule has 0 spiro atoms. The van der Waals surface area contributed by atoms with Crippen LogP contribution in [0.5, 0.6) is 0 Å². The quantitative estimate of drug-likeness (QED) is 0.826. The summed E-state index contributed by atoms with van der Waals surface area (Å²) in [7, 11) is 3.85. The van der Waals surface area contributed by atoms with Gasteiger partial charge in [0, 0.05) is 18.8 Å². The number of anilines is 1. The highest BCUT2D eigenvalue weighted by molar-refractivity contribution is 5.88. The number of carbonyl (C=O) groups is 1. The maximum atomic E-state index is 14.0. The molecule has 0 saturated heterocycles. The Hall–Kier alpha value is -1.69. The van der Waals surface area contributed by atoms with Crippen LogP contribution >= 0.6 is 0 Å². The molecule has 0 aliphatic heterocycles. The van der Waals surface area contributed by atoms with Crippen molar-refractivity contribution < 1.29 is 14.3 Å². The number of likely N-dealkylation sites (N-methyl/N-ethyl adjacent to an activating group) is 1. The molecule has 0 aliphatic rings. The van der Waals surface area contributed by atoms with Crippen LogP contribution in [-0.2, 0) is 0 Å². The van der Waals surface area contributed by atoms with Crippen molar-refractivity contribution in [3.8, 4) is 0 Å². The second kappa shape index (κ2) is 6.47. The van der Waals surface area contributed by atoms with Crippen LogP contribution in [0, 0.1) is 11.7 Å². The van der Waals surface area contributed by atoms with E-state index >= 15 is 0 Å². The van der Waals surface area contributed by atoms with Gasteiger partial charge in [-0.2, -0.15) is 0 Å². The van der Waals surface area contributed by atoms with E-state index in [1.165, 1.54) is 6.20 Å². The molecule has 0 bridgehead atoms. The third kappa shape index (κ3) is 4.17. The van der Waals surface area contributed by atoms with Gasteiger partial charge in [-0.15, -0.1) is 0 Å². The van der Waals surface area contributed by atoms with Crippen LogP contribution < -0.4 is 5.32 Å². The molecule has 0 fully saturated rings. The Morgan fingerprint density at radius 2 is 2.16 bits per heavy atom. The molecule has 1 rings (SSSR count). The Bertz CT molecular complexity index is 450. The Morgan fingerprint density at radius 1 is 1.53 bits per heavy atom. The number of nitrogens with one attached hydrogen (secondary N) is 1. The number of halogens is 1. The van der Waals surface area contributed by atoms with Crippen LogP contribution in [0.15, 0.2) is 12.3 Å². The average Bonchev–Trinajstić information content (AvgIpc) is 2.29. The van der Waals surface area contributed by atoms with Gasteiger partial charge >= 0.3 is 5.97 Å². The molecule has 0 radical (unpaired) electrons. The second-order valence-corrected chi connectivity index (χ2v) is 5.08. The number of rotatable bonds is 6. The van der Waals surface area contributed by atoms with Gasteiger partial charge in [0.1, 0.15) is 5.56 Å². The molecule has 0 amide bonds. The van der Waals surface area contributed by atoms with Gasteiger partial charge in [0.05, 0.1) is 0 Å². The molecule has 19 heavy (non-hydrogen) atoms. The van der Waals surface area contributed by atoms with Gasteiger partial charge in [-0.1, -0.05) is 13.8 Å². The van der Waals surface area contributed by atoms with Crippen molar-refractivity contribution in [1.29, 1.82) is 0 Å². The van der Waals surface area contributed by atoms with Crippen molar-refractivity contribution >= 4 is 11.8 Å². The third-order valence-electron chi connectivity index (χ3n) is 2.81. The van der Waals surface area contributed by atoms with Crippen molar-refractivity contribution in [2.75, 3.05) is 26.0 Å². The van der Waals surface area contributed by atoms with Gasteiger partial charge < -0.3 is 15.3 Å². The molecule has 1 aromatic rings. The zero-order valence-corrected chi connectivity index (χ0v) is 11.6. The van der Waals surface area contributed by atoms with E-state index in [2.05, 4.69) is 10.3 Å². The first-order valence-corrected chi connectivity index (χ1v) is 6.12. The molecule has 0 aromatic carbocycles. The largest absolute Gasteiger partial charge is 0.478 e. The lowest BCUT2D eigenvalue weighted by molar-refractivity contribution is 0.0692. The Kier molecular flexibility index (Phi) is 5.23. The highest BCUT2D eigenvalue weighted by Crippen LogP contribution is 2.18. The number of aromatic carboxylic acids is 1. The zero-order valence-electron chi connectivity index (χ0n) is 11.6. The molecule has 5 nitrogen and oxygen atoms in total. The fraction of sp³-hybridized carbons (Fsp3) is 0.538. The molecule has 1 aromatic heterocycles. The van der Waals surface area contributed by atoms with Crippen LogP contribution in [-0.4, -0.2) is 47.6 Å². The van der Waals surface area contributed by atoms with Gasteiger partial charge in [0.25, 0.3) is 0 Å². The minimum Gasteiger partial charge on any atom is -0.478 e. The summed E-state index contributed by atoms with van der Waals surface area (Å²) in [4.78, 5) is 16.7. The predicted molar refractivity (Wildman–Crippen MR) is 72.0 cm³/mol. The van der Waals surface area contributed by atoms with E-state index in [-0.39, 0.29) is 23.3 Å². The van der Waals surface area contributed by atoms with Crippen molar-refractivity contribution in [1.82, 2.24) is 9.88 Å². The molecule has 0 aliphatic carbocycles. The van der Waals surface area contributed by atoms with Gasteiger partial charge in [0.15, 0.2) is 11.6 Å². The minimum absolute atomic E-state index is 0.0129.